The van der Waals surface area contributed by atoms with Crippen molar-refractivity contribution in [1.82, 2.24) is 19.9 Å². The van der Waals surface area contributed by atoms with Crippen LogP contribution in [0, 0.1) is 0 Å². The van der Waals surface area contributed by atoms with Gasteiger partial charge in [-0.15, -0.1) is 5.10 Å². The largest absolute Gasteiger partial charge is 0.443 e. The molecule has 0 radical (unpaired) electrons. The van der Waals surface area contributed by atoms with Crippen molar-refractivity contribution in [1.29, 1.82) is 0 Å². The lowest BCUT2D eigenvalue weighted by molar-refractivity contribution is 0.0532. The highest BCUT2D eigenvalue weighted by atomic mass is 79.9. The van der Waals surface area contributed by atoms with Gasteiger partial charge in [-0.3, -0.25) is 0 Å². The number of nitrogens with one attached hydrogen (secondary N) is 1. The van der Waals surface area contributed by atoms with Gasteiger partial charge in [0.25, 0.3) is 0 Å². The fourth-order valence-corrected chi connectivity index (χ4v) is 1.70. The number of rotatable bonds is 1. The summed E-state index contributed by atoms with van der Waals surface area (Å²) in [5, 5.41) is 5.85. The molecule has 2 amide bonds. The zero-order valence-electron chi connectivity index (χ0n) is 11.6. The van der Waals surface area contributed by atoms with E-state index in [1.54, 1.807) is 39.1 Å². The highest BCUT2D eigenvalue weighted by Gasteiger charge is 2.20. The molecule has 2 aromatic rings. The number of alkyl carbamates (subject to hydrolysis) is 1. The molecule has 112 valence electrons. The van der Waals surface area contributed by atoms with Crippen molar-refractivity contribution < 1.29 is 19.1 Å². The van der Waals surface area contributed by atoms with Crippen LogP contribution in [-0.4, -0.2) is 32.4 Å². The Bertz CT molecular complexity index is 692. The maximum Gasteiger partial charge on any atom is 0.424 e. The maximum atomic E-state index is 11.5. The molecule has 2 rings (SSSR count). The second kappa shape index (κ2) is 5.68. The van der Waals surface area contributed by atoms with Crippen LogP contribution < -0.4 is 10.1 Å². The molecule has 2 heterocycles. The first-order chi connectivity index (χ1) is 9.73. The average Bonchev–Trinajstić information content (AvgIpc) is 2.66. The third-order valence-corrected chi connectivity index (χ3v) is 2.56. The zero-order valence-corrected chi connectivity index (χ0v) is 13.2. The van der Waals surface area contributed by atoms with E-state index >= 15 is 0 Å². The Kier molecular flexibility index (Phi) is 4.12. The summed E-state index contributed by atoms with van der Waals surface area (Å²) in [4.78, 5) is 26.9. The summed E-state index contributed by atoms with van der Waals surface area (Å²) in [5.41, 5.74) is -0.220. The van der Waals surface area contributed by atoms with E-state index in [2.05, 4.69) is 26.0 Å². The normalized spacial score (nSPS) is 11.2. The number of ether oxygens (including phenoxy) is 2. The summed E-state index contributed by atoms with van der Waals surface area (Å²) in [6.07, 6.45) is -0.274. The number of hydrogen-bond acceptors (Lipinski definition) is 6. The number of amides is 2. The van der Waals surface area contributed by atoms with Gasteiger partial charge in [-0.25, -0.2) is 19.4 Å². The van der Waals surface area contributed by atoms with Crippen molar-refractivity contribution in [3.63, 3.8) is 0 Å². The highest BCUT2D eigenvalue weighted by molar-refractivity contribution is 9.10. The number of aromatic nitrogens is 3. The van der Waals surface area contributed by atoms with Crippen LogP contribution in [0.3, 0.4) is 0 Å². The minimum Gasteiger partial charge on any atom is -0.443 e. The van der Waals surface area contributed by atoms with E-state index < -0.39 is 17.8 Å². The molecule has 0 saturated carbocycles. The number of halogens is 1. The number of carbonyl (C=O) groups is 2. The molecule has 0 saturated heterocycles. The Balaban J connectivity index is 1.99. The number of pyridine rings is 1. The van der Waals surface area contributed by atoms with E-state index in [4.69, 9.17) is 9.47 Å². The number of carbonyl (C=O) groups excluding carboxylic acids is 2. The number of fused-ring (bicyclic) bond motifs is 1. The predicted octanol–water partition coefficient (Wildman–Crippen LogP) is 2.52. The number of nitrogens with zero attached hydrogens (tertiary/aromatic N) is 3. The predicted molar refractivity (Wildman–Crippen MR) is 76.1 cm³/mol. The molecular weight excluding hydrogens is 344 g/mol. The molecule has 0 aliphatic rings. The Morgan fingerprint density at radius 1 is 1.33 bits per heavy atom. The molecule has 0 aliphatic carbocycles. The molecule has 0 fully saturated rings. The molecule has 0 atom stereocenters. The van der Waals surface area contributed by atoms with Gasteiger partial charge in [0.15, 0.2) is 5.65 Å². The summed E-state index contributed by atoms with van der Waals surface area (Å²) >= 11 is 3.29. The minimum absolute atomic E-state index is 0.172. The molecule has 0 bridgehead atoms. The molecule has 0 spiro atoms. The van der Waals surface area contributed by atoms with Crippen LogP contribution in [-0.2, 0) is 4.74 Å². The number of hydrogen-bond donors (Lipinski definition) is 1. The topological polar surface area (TPSA) is 94.8 Å². The fourth-order valence-electron chi connectivity index (χ4n) is 1.37. The lowest BCUT2D eigenvalue weighted by Crippen LogP contribution is -2.38. The van der Waals surface area contributed by atoms with Gasteiger partial charge in [0, 0.05) is 10.7 Å². The van der Waals surface area contributed by atoms with E-state index in [-0.39, 0.29) is 6.01 Å². The van der Waals surface area contributed by atoms with Crippen molar-refractivity contribution in [3.05, 3.63) is 22.8 Å². The Hall–Kier alpha value is -2.16. The van der Waals surface area contributed by atoms with E-state index in [9.17, 15) is 9.59 Å². The van der Waals surface area contributed by atoms with Gasteiger partial charge in [0.05, 0.1) is 0 Å². The summed E-state index contributed by atoms with van der Waals surface area (Å²) < 4.78 is 12.0. The Labute approximate surface area is 128 Å². The molecular formula is C12H13BrN4O4. The minimum atomic E-state index is -1.01. The molecule has 8 nitrogen and oxygen atoms in total. The van der Waals surface area contributed by atoms with Crippen molar-refractivity contribution in [3.8, 4) is 6.01 Å². The summed E-state index contributed by atoms with van der Waals surface area (Å²) in [6, 6.07) is 3.28. The van der Waals surface area contributed by atoms with Gasteiger partial charge in [0.2, 0.25) is 0 Å². The van der Waals surface area contributed by atoms with Crippen molar-refractivity contribution >= 4 is 33.8 Å². The van der Waals surface area contributed by atoms with E-state index in [1.807, 2.05) is 5.32 Å². The zero-order chi connectivity index (χ0) is 15.6. The molecule has 9 heteroatoms. The van der Waals surface area contributed by atoms with Crippen LogP contribution in [0.5, 0.6) is 6.01 Å². The summed E-state index contributed by atoms with van der Waals surface area (Å²) in [5.74, 6) is 0. The molecule has 0 aromatic carbocycles. The third kappa shape index (κ3) is 4.42. The van der Waals surface area contributed by atoms with Crippen LogP contribution in [0.25, 0.3) is 5.65 Å². The summed E-state index contributed by atoms with van der Waals surface area (Å²) in [6.45, 7) is 5.04. The second-order valence-corrected chi connectivity index (χ2v) is 5.97. The first-order valence-electron chi connectivity index (χ1n) is 5.97. The van der Waals surface area contributed by atoms with Gasteiger partial charge >= 0.3 is 18.2 Å². The van der Waals surface area contributed by atoms with E-state index in [0.717, 1.165) is 4.47 Å². The average molecular weight is 357 g/mol. The molecule has 0 unspecified atom stereocenters. The second-order valence-electron chi connectivity index (χ2n) is 5.06. The fraction of sp³-hybridized carbons (Fsp3) is 0.333. The van der Waals surface area contributed by atoms with Crippen LogP contribution in [0.15, 0.2) is 22.8 Å². The van der Waals surface area contributed by atoms with E-state index in [0.29, 0.717) is 5.65 Å². The Morgan fingerprint density at radius 2 is 2.05 bits per heavy atom. The van der Waals surface area contributed by atoms with Crippen molar-refractivity contribution in [2.24, 2.45) is 0 Å². The standard InChI is InChI=1S/C12H13BrN4O4/c1-12(2,3)21-11(19)15-10(18)20-9-14-8-6-7(13)4-5-17(8)16-9/h4-6H,1-3H3,(H,15,18,19). The van der Waals surface area contributed by atoms with E-state index in [1.165, 1.54) is 4.52 Å². The quantitative estimate of drug-likeness (QED) is 0.843. The first kappa shape index (κ1) is 15.2. The molecule has 1 N–H and O–H groups in total. The van der Waals surface area contributed by atoms with Gasteiger partial charge < -0.3 is 9.47 Å². The van der Waals surface area contributed by atoms with Gasteiger partial charge in [-0.1, -0.05) is 15.9 Å². The number of imide groups is 1. The third-order valence-electron chi connectivity index (χ3n) is 2.07. The SMILES string of the molecule is CC(C)(C)OC(=O)NC(=O)Oc1nc2cc(Br)ccn2n1. The van der Waals surface area contributed by atoms with Crippen LogP contribution >= 0.6 is 15.9 Å². The van der Waals surface area contributed by atoms with Crippen LogP contribution in [0.4, 0.5) is 9.59 Å². The van der Waals surface area contributed by atoms with Gasteiger partial charge in [-0.05, 0) is 32.9 Å². The van der Waals surface area contributed by atoms with Crippen LogP contribution in [0.2, 0.25) is 0 Å². The van der Waals surface area contributed by atoms with Gasteiger partial charge in [-0.2, -0.15) is 4.98 Å². The maximum absolute atomic E-state index is 11.5. The molecule has 21 heavy (non-hydrogen) atoms. The molecule has 2 aromatic heterocycles. The first-order valence-corrected chi connectivity index (χ1v) is 6.76. The lowest BCUT2D eigenvalue weighted by atomic mass is 10.2. The Morgan fingerprint density at radius 3 is 2.71 bits per heavy atom. The van der Waals surface area contributed by atoms with Crippen molar-refractivity contribution in [2.45, 2.75) is 26.4 Å². The lowest BCUT2D eigenvalue weighted by Gasteiger charge is -2.18. The highest BCUT2D eigenvalue weighted by Crippen LogP contribution is 2.14. The smallest absolute Gasteiger partial charge is 0.424 e. The van der Waals surface area contributed by atoms with Gasteiger partial charge in [0.1, 0.15) is 5.60 Å². The monoisotopic (exact) mass is 356 g/mol. The van der Waals surface area contributed by atoms with Crippen molar-refractivity contribution in [2.75, 3.05) is 0 Å². The summed E-state index contributed by atoms with van der Waals surface area (Å²) in [7, 11) is 0. The molecule has 0 aliphatic heterocycles. The van der Waals surface area contributed by atoms with Crippen LogP contribution in [0.1, 0.15) is 20.8 Å².